The molecule has 53 heavy (non-hydrogen) atoms. The Morgan fingerprint density at radius 1 is 0.377 bits per heavy atom. The minimum absolute atomic E-state index is 0. The number of nitro benzene ring substituents is 4. The van der Waals surface area contributed by atoms with Gasteiger partial charge in [-0.05, 0) is 35.0 Å². The van der Waals surface area contributed by atoms with Crippen LogP contribution in [0.4, 0.5) is 22.7 Å². The van der Waals surface area contributed by atoms with E-state index in [2.05, 4.69) is 39.9 Å². The van der Waals surface area contributed by atoms with E-state index in [0.29, 0.717) is 21.9 Å². The zero-order chi connectivity index (χ0) is 36.0. The maximum absolute atomic E-state index is 11.8. The van der Waals surface area contributed by atoms with Gasteiger partial charge in [0.25, 0.3) is 22.7 Å². The Balaban J connectivity index is 0.00000400. The molecule has 259 valence electrons. The van der Waals surface area contributed by atoms with Gasteiger partial charge in [0.15, 0.2) is 0 Å². The second-order valence-corrected chi connectivity index (χ2v) is 11.4. The monoisotopic (exact) mass is 755 g/mol. The molecular weight excluding hydrogens is 744 g/mol. The molecule has 9 rings (SSSR count). The van der Waals surface area contributed by atoms with Gasteiger partial charge >= 0.3 is 17.1 Å². The van der Waals surface area contributed by atoms with E-state index in [1.165, 1.54) is 72.8 Å². The van der Waals surface area contributed by atoms with E-state index in [-0.39, 0.29) is 108 Å². The number of non-ortho nitro benzene ring substituents is 4. The molecule has 0 unspecified atom stereocenters. The zero-order valence-corrected chi connectivity index (χ0v) is 26.8. The average molecular weight is 756 g/mol. The molecule has 20 nitrogen and oxygen atoms in total. The number of hydrogen-bond acceptors (Lipinski definition) is 14. The van der Waals surface area contributed by atoms with E-state index in [1.54, 1.807) is 0 Å². The van der Waals surface area contributed by atoms with Gasteiger partial charge in [-0.1, -0.05) is 0 Å². The first-order chi connectivity index (χ1) is 25.0. The number of hydrogen-bond donors (Lipinski definition) is 0. The third-order valence-corrected chi connectivity index (χ3v) is 8.48. The van der Waals surface area contributed by atoms with Gasteiger partial charge in [-0.2, -0.15) is 0 Å². The van der Waals surface area contributed by atoms with Gasteiger partial charge in [0, 0.05) is 104 Å². The van der Waals surface area contributed by atoms with Crippen LogP contribution in [0.25, 0.3) is 89.7 Å². The van der Waals surface area contributed by atoms with Crippen LogP contribution in [-0.4, -0.2) is 49.6 Å². The summed E-state index contributed by atoms with van der Waals surface area (Å²) in [6.45, 7) is 0. The van der Waals surface area contributed by atoms with Crippen LogP contribution in [0.2, 0.25) is 0 Å². The average Bonchev–Trinajstić information content (AvgIpc) is 3.85. The molecule has 0 atom stereocenters. The van der Waals surface area contributed by atoms with Crippen molar-refractivity contribution in [3.05, 3.63) is 113 Å². The Hall–Kier alpha value is -7.64. The third-order valence-electron chi connectivity index (χ3n) is 8.48. The SMILES string of the molecule is O=[N+]([O-])c1ccc2c(c1)-c1nc-2nc2[n-]c(nc3nc(nc4[n-]c(n1)c1ccc([N+](=O)[O-])cc41)-c1cc([N+](=O)[O-])ccc1-3)c1cc([N+](=O)[O-])ccc21.[Cu+2]. The molecular formula is C32H12CuN12O8. The first-order valence-electron chi connectivity index (χ1n) is 14.9. The van der Waals surface area contributed by atoms with Crippen molar-refractivity contribution in [3.8, 4) is 45.6 Å². The predicted molar refractivity (Wildman–Crippen MR) is 181 cm³/mol. The van der Waals surface area contributed by atoms with Gasteiger partial charge in [0.1, 0.15) is 0 Å². The van der Waals surface area contributed by atoms with Crippen LogP contribution in [0.3, 0.4) is 0 Å². The van der Waals surface area contributed by atoms with Crippen LogP contribution in [0.5, 0.6) is 0 Å². The topological polar surface area (TPSA) is 278 Å². The summed E-state index contributed by atoms with van der Waals surface area (Å²) in [5.74, 6) is -0.0435. The van der Waals surface area contributed by atoms with Crippen LogP contribution < -0.4 is 9.97 Å². The number of rotatable bonds is 4. The van der Waals surface area contributed by atoms with Gasteiger partial charge in [-0.3, -0.25) is 40.5 Å². The first kappa shape index (κ1) is 32.6. The largest absolute Gasteiger partial charge is 2.00 e. The van der Waals surface area contributed by atoms with Crippen LogP contribution in [0, 0.1) is 40.5 Å². The Morgan fingerprint density at radius 3 is 1.04 bits per heavy atom. The second-order valence-electron chi connectivity index (χ2n) is 11.4. The quantitative estimate of drug-likeness (QED) is 0.117. The summed E-state index contributed by atoms with van der Waals surface area (Å²) >= 11 is 0. The number of benzene rings is 4. The Bertz CT molecular complexity index is 3020. The summed E-state index contributed by atoms with van der Waals surface area (Å²) in [6.07, 6.45) is 0. The fourth-order valence-corrected chi connectivity index (χ4v) is 6.07. The molecule has 0 fully saturated rings. The maximum Gasteiger partial charge on any atom is 2.00 e. The summed E-state index contributed by atoms with van der Waals surface area (Å²) in [4.78, 5) is 81.5. The Labute approximate surface area is 301 Å². The second kappa shape index (κ2) is 11.7. The molecule has 8 bridgehead atoms. The summed E-state index contributed by atoms with van der Waals surface area (Å²) in [7, 11) is 0. The van der Waals surface area contributed by atoms with Crippen LogP contribution >= 0.6 is 0 Å². The standard InChI is InChI=1S/C32H12N12O8.Cu/c45-41(46)13-1-5-17-21(9-13)29-34-25(17)33-26-18-6-2-14(42(47)48)10-22(18)30(35-26)37-28-20-8-4-16(44(51)52)12-24(20)32(39-28)40-31-23-11-15(43(49)50)3-7-19(23)27(36-29)38-31;/h1-12H;/q-2;+2. The number of fused-ring (bicyclic) bond motifs is 20. The summed E-state index contributed by atoms with van der Waals surface area (Å²) < 4.78 is 0. The van der Waals surface area contributed by atoms with Crippen LogP contribution in [-0.2, 0) is 17.1 Å². The van der Waals surface area contributed by atoms with Crippen molar-refractivity contribution in [3.63, 3.8) is 0 Å². The number of nitrogens with zero attached hydrogens (tertiary/aromatic N) is 12. The van der Waals surface area contributed by atoms with Crippen molar-refractivity contribution in [1.29, 1.82) is 0 Å². The first-order valence-corrected chi connectivity index (χ1v) is 14.9. The van der Waals surface area contributed by atoms with Crippen molar-refractivity contribution in [2.24, 2.45) is 0 Å². The van der Waals surface area contributed by atoms with E-state index >= 15 is 0 Å². The molecule has 0 aliphatic carbocycles. The normalized spacial score (nSPS) is 11.5. The maximum atomic E-state index is 11.8. The third kappa shape index (κ3) is 5.15. The minimum atomic E-state index is -0.603. The Kier molecular flexibility index (Phi) is 7.20. The van der Waals surface area contributed by atoms with Crippen molar-refractivity contribution in [1.82, 2.24) is 39.9 Å². The molecule has 4 aromatic carbocycles. The van der Waals surface area contributed by atoms with Gasteiger partial charge in [0.05, 0.1) is 43.0 Å². The van der Waals surface area contributed by atoms with Gasteiger partial charge < -0.3 is 29.9 Å². The minimum Gasteiger partial charge on any atom is -0.357 e. The van der Waals surface area contributed by atoms with Crippen LogP contribution in [0.15, 0.2) is 72.8 Å². The molecule has 1 radical (unpaired) electrons. The van der Waals surface area contributed by atoms with E-state index < -0.39 is 19.7 Å². The molecule has 0 saturated heterocycles. The smallest absolute Gasteiger partial charge is 0.357 e. The molecule has 2 aliphatic rings. The fourth-order valence-electron chi connectivity index (χ4n) is 6.07. The van der Waals surface area contributed by atoms with Crippen LogP contribution in [0.1, 0.15) is 0 Å². The van der Waals surface area contributed by atoms with Crippen molar-refractivity contribution < 1.29 is 36.8 Å². The molecule has 0 spiro atoms. The van der Waals surface area contributed by atoms with E-state index in [9.17, 15) is 40.5 Å². The van der Waals surface area contributed by atoms with E-state index in [4.69, 9.17) is 0 Å². The van der Waals surface area contributed by atoms with E-state index in [0.717, 1.165) is 0 Å². The molecule has 21 heteroatoms. The van der Waals surface area contributed by atoms with Gasteiger partial charge in [-0.15, -0.1) is 0 Å². The summed E-state index contributed by atoms with van der Waals surface area (Å²) in [6, 6.07) is 15.8. The zero-order valence-electron chi connectivity index (χ0n) is 25.9. The van der Waals surface area contributed by atoms with Gasteiger partial charge in [0.2, 0.25) is 0 Å². The molecule has 7 aromatic rings. The molecule has 0 saturated carbocycles. The predicted octanol–water partition coefficient (Wildman–Crippen LogP) is 5.76. The number of nitro groups is 4. The van der Waals surface area contributed by atoms with E-state index in [1.807, 2.05) is 0 Å². The van der Waals surface area contributed by atoms with Crippen molar-refractivity contribution in [2.45, 2.75) is 0 Å². The van der Waals surface area contributed by atoms with Crippen molar-refractivity contribution in [2.75, 3.05) is 0 Å². The van der Waals surface area contributed by atoms with Crippen molar-refractivity contribution >= 4 is 66.9 Å². The number of aromatic nitrogens is 8. The summed E-state index contributed by atoms with van der Waals surface area (Å²) in [5.41, 5.74) is -0.0475. The summed E-state index contributed by atoms with van der Waals surface area (Å²) in [5, 5.41) is 48.1. The molecule has 0 amide bonds. The Morgan fingerprint density at radius 2 is 0.679 bits per heavy atom. The molecule has 5 heterocycles. The molecule has 2 aliphatic heterocycles. The fraction of sp³-hybridized carbons (Fsp3) is 0. The molecule has 3 aromatic heterocycles. The van der Waals surface area contributed by atoms with Gasteiger partial charge in [-0.25, -0.2) is 9.97 Å². The molecule has 0 N–H and O–H groups in total.